The monoisotopic (exact) mass is 445 g/mol. The molecule has 1 aromatic rings. The minimum atomic E-state index is 0. The van der Waals surface area contributed by atoms with Gasteiger partial charge in [-0.1, -0.05) is 42.7 Å². The van der Waals surface area contributed by atoms with Gasteiger partial charge in [0.25, 0.3) is 0 Å². The number of hydrogen-bond donors (Lipinski definition) is 2. The molecule has 0 saturated heterocycles. The molecule has 0 amide bonds. The van der Waals surface area contributed by atoms with E-state index in [9.17, 15) is 0 Å². The molecule has 1 fully saturated rings. The van der Waals surface area contributed by atoms with Gasteiger partial charge >= 0.3 is 0 Å². The quantitative estimate of drug-likeness (QED) is 0.275. The second-order valence-corrected chi connectivity index (χ2v) is 6.24. The van der Waals surface area contributed by atoms with Crippen molar-refractivity contribution in [3.63, 3.8) is 0 Å². The lowest BCUT2D eigenvalue weighted by Gasteiger charge is -2.13. The molecule has 0 bridgehead atoms. The van der Waals surface area contributed by atoms with Crippen LogP contribution in [0, 0.1) is 6.92 Å². The van der Waals surface area contributed by atoms with Crippen LogP contribution in [0.4, 0.5) is 0 Å². The Kier molecular flexibility index (Phi) is 11.1. The first-order valence-electron chi connectivity index (χ1n) is 8.97. The second-order valence-electron chi connectivity index (χ2n) is 6.24. The largest absolute Gasteiger partial charge is 0.378 e. The van der Waals surface area contributed by atoms with Crippen molar-refractivity contribution in [2.24, 2.45) is 4.99 Å². The van der Waals surface area contributed by atoms with Crippen molar-refractivity contribution < 1.29 is 4.74 Å². The lowest BCUT2D eigenvalue weighted by molar-refractivity contribution is 0.0574. The zero-order valence-electron chi connectivity index (χ0n) is 15.0. The molecule has 2 N–H and O–H groups in total. The summed E-state index contributed by atoms with van der Waals surface area (Å²) in [4.78, 5) is 4.64. The summed E-state index contributed by atoms with van der Waals surface area (Å²) in [6, 6.07) is 8.53. The van der Waals surface area contributed by atoms with Gasteiger partial charge in [0.1, 0.15) is 0 Å². The van der Waals surface area contributed by atoms with Crippen LogP contribution in [0.15, 0.2) is 29.3 Å². The molecule has 5 heteroatoms. The van der Waals surface area contributed by atoms with E-state index in [4.69, 9.17) is 4.74 Å². The van der Waals surface area contributed by atoms with Gasteiger partial charge in [0.05, 0.1) is 12.6 Å². The number of rotatable bonds is 8. The minimum absolute atomic E-state index is 0. The molecule has 0 radical (unpaired) electrons. The van der Waals surface area contributed by atoms with Gasteiger partial charge in [-0.2, -0.15) is 0 Å². The van der Waals surface area contributed by atoms with Gasteiger partial charge in [-0.3, -0.25) is 0 Å². The fourth-order valence-electron chi connectivity index (χ4n) is 2.79. The molecule has 4 nitrogen and oxygen atoms in total. The first-order valence-corrected chi connectivity index (χ1v) is 8.97. The van der Waals surface area contributed by atoms with Crippen molar-refractivity contribution in [1.82, 2.24) is 10.6 Å². The van der Waals surface area contributed by atoms with Gasteiger partial charge in [0, 0.05) is 19.7 Å². The van der Waals surface area contributed by atoms with Crippen molar-refractivity contribution in [1.29, 1.82) is 0 Å². The van der Waals surface area contributed by atoms with E-state index in [1.54, 1.807) is 0 Å². The van der Waals surface area contributed by atoms with E-state index in [-0.39, 0.29) is 24.0 Å². The predicted octanol–water partition coefficient (Wildman–Crippen LogP) is 4.02. The molecule has 1 saturated carbocycles. The molecule has 1 aliphatic rings. The van der Waals surface area contributed by atoms with E-state index >= 15 is 0 Å². The fraction of sp³-hybridized carbons (Fsp3) is 0.632. The van der Waals surface area contributed by atoms with E-state index in [0.29, 0.717) is 12.6 Å². The highest BCUT2D eigenvalue weighted by molar-refractivity contribution is 14.0. The molecule has 0 aliphatic heterocycles. The first kappa shape index (κ1) is 21.2. The minimum Gasteiger partial charge on any atom is -0.378 e. The Hall–Kier alpha value is -0.820. The molecule has 0 spiro atoms. The van der Waals surface area contributed by atoms with Crippen LogP contribution in [-0.2, 0) is 11.3 Å². The maximum absolute atomic E-state index is 5.88. The molecule has 0 aromatic heterocycles. The summed E-state index contributed by atoms with van der Waals surface area (Å²) >= 11 is 0. The Balaban J connectivity index is 0.00000288. The Labute approximate surface area is 163 Å². The summed E-state index contributed by atoms with van der Waals surface area (Å²) in [5.41, 5.74) is 2.52. The van der Waals surface area contributed by atoms with Gasteiger partial charge in [-0.25, -0.2) is 4.99 Å². The average molecular weight is 445 g/mol. The zero-order chi connectivity index (χ0) is 16.3. The number of halogens is 1. The summed E-state index contributed by atoms with van der Waals surface area (Å²) in [5, 5.41) is 6.68. The van der Waals surface area contributed by atoms with Crippen LogP contribution < -0.4 is 10.6 Å². The van der Waals surface area contributed by atoms with Crippen molar-refractivity contribution >= 4 is 29.9 Å². The average Bonchev–Trinajstić information content (AvgIpc) is 3.07. The van der Waals surface area contributed by atoms with Crippen LogP contribution in [-0.4, -0.2) is 31.8 Å². The molecule has 0 unspecified atom stereocenters. The third-order valence-corrected chi connectivity index (χ3v) is 4.15. The molecular formula is C19H32IN3O. The van der Waals surface area contributed by atoms with Crippen LogP contribution in [0.1, 0.15) is 50.2 Å². The molecule has 1 aliphatic carbocycles. The number of hydrogen-bond acceptors (Lipinski definition) is 2. The fourth-order valence-corrected chi connectivity index (χ4v) is 2.79. The summed E-state index contributed by atoms with van der Waals surface area (Å²) in [7, 11) is 0. The van der Waals surface area contributed by atoms with E-state index in [1.165, 1.54) is 36.8 Å². The van der Waals surface area contributed by atoms with Crippen molar-refractivity contribution in [2.45, 2.75) is 58.6 Å². The number of aryl methyl sites for hydroxylation is 1. The van der Waals surface area contributed by atoms with Crippen LogP contribution in [0.5, 0.6) is 0 Å². The van der Waals surface area contributed by atoms with Gasteiger partial charge < -0.3 is 15.4 Å². The third-order valence-electron chi connectivity index (χ3n) is 4.15. The molecular weight excluding hydrogens is 413 g/mol. The molecule has 24 heavy (non-hydrogen) atoms. The topological polar surface area (TPSA) is 45.7 Å². The number of nitrogens with zero attached hydrogens (tertiary/aromatic N) is 1. The number of guanidine groups is 1. The Bertz CT molecular complexity index is 470. The first-order chi connectivity index (χ1) is 11.3. The summed E-state index contributed by atoms with van der Waals surface area (Å²) in [5.74, 6) is 0.883. The lowest BCUT2D eigenvalue weighted by Crippen LogP contribution is -2.38. The second kappa shape index (κ2) is 12.5. The van der Waals surface area contributed by atoms with E-state index in [0.717, 1.165) is 32.1 Å². The summed E-state index contributed by atoms with van der Waals surface area (Å²) in [6.45, 7) is 7.51. The standard InChI is InChI=1S/C19H31N3O.HI/c1-3-20-19(22-15-17-11-9-16(2)10-12-17)21-13-6-14-23-18-7-4-5-8-18;/h9-12,18H,3-8,13-15H2,1-2H3,(H2,20,21,22);1H. The van der Waals surface area contributed by atoms with Gasteiger partial charge in [0.2, 0.25) is 0 Å². The molecule has 0 atom stereocenters. The highest BCUT2D eigenvalue weighted by atomic mass is 127. The Morgan fingerprint density at radius 3 is 2.54 bits per heavy atom. The van der Waals surface area contributed by atoms with Crippen molar-refractivity contribution in [3.8, 4) is 0 Å². The van der Waals surface area contributed by atoms with Crippen molar-refractivity contribution in [2.75, 3.05) is 19.7 Å². The number of nitrogens with one attached hydrogen (secondary N) is 2. The van der Waals surface area contributed by atoms with E-state index < -0.39 is 0 Å². The Morgan fingerprint density at radius 1 is 1.17 bits per heavy atom. The zero-order valence-corrected chi connectivity index (χ0v) is 17.3. The van der Waals surface area contributed by atoms with Crippen LogP contribution in [0.2, 0.25) is 0 Å². The van der Waals surface area contributed by atoms with E-state index in [1.807, 2.05) is 0 Å². The van der Waals surface area contributed by atoms with E-state index in [2.05, 4.69) is 53.7 Å². The van der Waals surface area contributed by atoms with Gasteiger partial charge in [0.15, 0.2) is 5.96 Å². The summed E-state index contributed by atoms with van der Waals surface area (Å²) < 4.78 is 5.88. The normalized spacial score (nSPS) is 15.2. The predicted molar refractivity (Wildman–Crippen MR) is 112 cm³/mol. The molecule has 136 valence electrons. The maximum Gasteiger partial charge on any atom is 0.191 e. The van der Waals surface area contributed by atoms with Crippen LogP contribution in [0.25, 0.3) is 0 Å². The number of benzene rings is 1. The van der Waals surface area contributed by atoms with Gasteiger partial charge in [-0.15, -0.1) is 24.0 Å². The summed E-state index contributed by atoms with van der Waals surface area (Å²) in [6.07, 6.45) is 6.68. The molecule has 2 rings (SSSR count). The highest BCUT2D eigenvalue weighted by Gasteiger charge is 2.14. The highest BCUT2D eigenvalue weighted by Crippen LogP contribution is 2.20. The van der Waals surface area contributed by atoms with Crippen LogP contribution in [0.3, 0.4) is 0 Å². The number of ether oxygens (including phenoxy) is 1. The van der Waals surface area contributed by atoms with Gasteiger partial charge in [-0.05, 0) is 38.7 Å². The smallest absolute Gasteiger partial charge is 0.191 e. The van der Waals surface area contributed by atoms with Crippen LogP contribution >= 0.6 is 24.0 Å². The lowest BCUT2D eigenvalue weighted by atomic mass is 10.1. The Morgan fingerprint density at radius 2 is 1.88 bits per heavy atom. The third kappa shape index (κ3) is 8.33. The SMILES string of the molecule is CCNC(=NCc1ccc(C)cc1)NCCCOC1CCCC1.I. The molecule has 0 heterocycles. The molecule has 1 aromatic carbocycles. The van der Waals surface area contributed by atoms with Crippen molar-refractivity contribution in [3.05, 3.63) is 35.4 Å². The maximum atomic E-state index is 5.88. The number of aliphatic imine (C=N–C) groups is 1.